The van der Waals surface area contributed by atoms with Gasteiger partial charge in [0, 0.05) is 26.2 Å². The zero-order valence-electron chi connectivity index (χ0n) is 10.5. The first kappa shape index (κ1) is 12.9. The lowest BCUT2D eigenvalue weighted by atomic mass is 10.0. The van der Waals surface area contributed by atoms with Crippen LogP contribution in [0.25, 0.3) is 0 Å². The summed E-state index contributed by atoms with van der Waals surface area (Å²) in [4.78, 5) is 2.45. The van der Waals surface area contributed by atoms with Crippen LogP contribution in [0.5, 0.6) is 0 Å². The summed E-state index contributed by atoms with van der Waals surface area (Å²) < 4.78 is 5.54. The van der Waals surface area contributed by atoms with E-state index in [1.54, 1.807) is 0 Å². The lowest BCUT2D eigenvalue weighted by molar-refractivity contribution is 0.105. The molecule has 0 bridgehead atoms. The Labute approximate surface area is 94.2 Å². The summed E-state index contributed by atoms with van der Waals surface area (Å²) in [6, 6.07) is 0. The van der Waals surface area contributed by atoms with E-state index in [2.05, 4.69) is 31.0 Å². The summed E-state index contributed by atoms with van der Waals surface area (Å²) in [7, 11) is 0. The Morgan fingerprint density at radius 2 is 2.07 bits per heavy atom. The van der Waals surface area contributed by atoms with Gasteiger partial charge in [-0.3, -0.25) is 0 Å². The van der Waals surface area contributed by atoms with Crippen LogP contribution in [0.1, 0.15) is 27.2 Å². The number of nitrogens with zero attached hydrogens (tertiary/aromatic N) is 1. The summed E-state index contributed by atoms with van der Waals surface area (Å²) in [5, 5.41) is 3.54. The average molecular weight is 214 g/mol. The van der Waals surface area contributed by atoms with Gasteiger partial charge in [-0.2, -0.15) is 0 Å². The summed E-state index contributed by atoms with van der Waals surface area (Å²) >= 11 is 0. The van der Waals surface area contributed by atoms with Crippen molar-refractivity contribution in [3.63, 3.8) is 0 Å². The molecule has 1 fully saturated rings. The number of hydrogen-bond acceptors (Lipinski definition) is 3. The SMILES string of the molecule is CCN(CC)CCNCC1CCOC1C. The van der Waals surface area contributed by atoms with Crippen LogP contribution >= 0.6 is 0 Å². The smallest absolute Gasteiger partial charge is 0.0588 e. The summed E-state index contributed by atoms with van der Waals surface area (Å²) in [5.41, 5.74) is 0. The van der Waals surface area contributed by atoms with Crippen molar-refractivity contribution in [2.45, 2.75) is 33.3 Å². The molecule has 1 rings (SSSR count). The molecule has 0 aliphatic carbocycles. The third kappa shape index (κ3) is 4.49. The van der Waals surface area contributed by atoms with E-state index in [0.29, 0.717) is 6.10 Å². The highest BCUT2D eigenvalue weighted by molar-refractivity contribution is 4.74. The minimum atomic E-state index is 0.450. The van der Waals surface area contributed by atoms with Gasteiger partial charge in [-0.25, -0.2) is 0 Å². The maximum atomic E-state index is 5.54. The molecular formula is C12H26N2O. The number of hydrogen-bond donors (Lipinski definition) is 1. The Kier molecular flexibility index (Phi) is 6.22. The molecule has 0 saturated carbocycles. The van der Waals surface area contributed by atoms with Crippen LogP contribution in [-0.2, 0) is 4.74 Å². The van der Waals surface area contributed by atoms with Gasteiger partial charge in [0.05, 0.1) is 6.10 Å². The number of likely N-dealkylation sites (N-methyl/N-ethyl adjacent to an activating group) is 1. The van der Waals surface area contributed by atoms with Gasteiger partial charge >= 0.3 is 0 Å². The average Bonchev–Trinajstić information content (AvgIpc) is 2.65. The van der Waals surface area contributed by atoms with Crippen molar-refractivity contribution in [2.24, 2.45) is 5.92 Å². The van der Waals surface area contributed by atoms with Crippen molar-refractivity contribution < 1.29 is 4.74 Å². The van der Waals surface area contributed by atoms with Crippen molar-refractivity contribution in [2.75, 3.05) is 39.3 Å². The molecule has 0 spiro atoms. The van der Waals surface area contributed by atoms with Gasteiger partial charge in [0.15, 0.2) is 0 Å². The van der Waals surface area contributed by atoms with E-state index in [0.717, 1.165) is 45.2 Å². The van der Waals surface area contributed by atoms with E-state index >= 15 is 0 Å². The zero-order valence-corrected chi connectivity index (χ0v) is 10.5. The maximum Gasteiger partial charge on any atom is 0.0588 e. The fourth-order valence-electron chi connectivity index (χ4n) is 2.11. The molecule has 15 heavy (non-hydrogen) atoms. The van der Waals surface area contributed by atoms with Crippen molar-refractivity contribution in [3.8, 4) is 0 Å². The number of nitrogens with one attached hydrogen (secondary N) is 1. The van der Waals surface area contributed by atoms with E-state index in [1.807, 2.05) is 0 Å². The van der Waals surface area contributed by atoms with Gasteiger partial charge in [0.2, 0.25) is 0 Å². The van der Waals surface area contributed by atoms with Crippen molar-refractivity contribution in [1.29, 1.82) is 0 Å². The molecule has 3 heteroatoms. The lowest BCUT2D eigenvalue weighted by Crippen LogP contribution is -2.35. The normalized spacial score (nSPS) is 26.4. The van der Waals surface area contributed by atoms with Gasteiger partial charge in [0.1, 0.15) is 0 Å². The van der Waals surface area contributed by atoms with E-state index in [4.69, 9.17) is 4.74 Å². The Morgan fingerprint density at radius 1 is 1.33 bits per heavy atom. The highest BCUT2D eigenvalue weighted by Gasteiger charge is 2.23. The number of ether oxygens (including phenoxy) is 1. The lowest BCUT2D eigenvalue weighted by Gasteiger charge is -2.19. The fraction of sp³-hybridized carbons (Fsp3) is 1.00. The second-order valence-corrected chi connectivity index (χ2v) is 4.36. The molecule has 1 aliphatic rings. The van der Waals surface area contributed by atoms with Crippen LogP contribution in [0, 0.1) is 5.92 Å². The van der Waals surface area contributed by atoms with Crippen LogP contribution in [-0.4, -0.2) is 50.3 Å². The van der Waals surface area contributed by atoms with Crippen molar-refractivity contribution in [1.82, 2.24) is 10.2 Å². The molecule has 1 heterocycles. The first-order valence-corrected chi connectivity index (χ1v) is 6.32. The van der Waals surface area contributed by atoms with Gasteiger partial charge in [-0.1, -0.05) is 13.8 Å². The molecule has 1 saturated heterocycles. The predicted molar refractivity (Wildman–Crippen MR) is 64.2 cm³/mol. The van der Waals surface area contributed by atoms with E-state index in [-0.39, 0.29) is 0 Å². The Balaban J connectivity index is 2.01. The highest BCUT2D eigenvalue weighted by Crippen LogP contribution is 2.18. The largest absolute Gasteiger partial charge is 0.378 e. The molecule has 2 atom stereocenters. The monoisotopic (exact) mass is 214 g/mol. The number of rotatable bonds is 7. The van der Waals surface area contributed by atoms with Gasteiger partial charge in [-0.15, -0.1) is 0 Å². The summed E-state index contributed by atoms with van der Waals surface area (Å²) in [6.07, 6.45) is 1.67. The van der Waals surface area contributed by atoms with Crippen LogP contribution in [0.2, 0.25) is 0 Å². The first-order chi connectivity index (χ1) is 7.27. The molecule has 0 aromatic heterocycles. The molecule has 0 amide bonds. The molecule has 90 valence electrons. The van der Waals surface area contributed by atoms with Crippen LogP contribution < -0.4 is 5.32 Å². The third-order valence-corrected chi connectivity index (χ3v) is 3.44. The maximum absolute atomic E-state index is 5.54. The Hall–Kier alpha value is -0.120. The van der Waals surface area contributed by atoms with Crippen LogP contribution in [0.15, 0.2) is 0 Å². The zero-order chi connectivity index (χ0) is 11.1. The second kappa shape index (κ2) is 7.20. The van der Waals surface area contributed by atoms with Crippen molar-refractivity contribution in [3.05, 3.63) is 0 Å². The fourth-order valence-corrected chi connectivity index (χ4v) is 2.11. The Bertz CT molecular complexity index is 160. The Morgan fingerprint density at radius 3 is 2.60 bits per heavy atom. The van der Waals surface area contributed by atoms with Gasteiger partial charge in [-0.05, 0) is 32.4 Å². The molecule has 0 aromatic rings. The van der Waals surface area contributed by atoms with Crippen molar-refractivity contribution >= 4 is 0 Å². The third-order valence-electron chi connectivity index (χ3n) is 3.44. The van der Waals surface area contributed by atoms with Crippen LogP contribution in [0.3, 0.4) is 0 Å². The first-order valence-electron chi connectivity index (χ1n) is 6.32. The minimum Gasteiger partial charge on any atom is -0.378 e. The standard InChI is InChI=1S/C12H26N2O/c1-4-14(5-2)8-7-13-10-12-6-9-15-11(12)3/h11-13H,4-10H2,1-3H3. The van der Waals surface area contributed by atoms with E-state index in [9.17, 15) is 0 Å². The van der Waals surface area contributed by atoms with E-state index in [1.165, 1.54) is 6.42 Å². The van der Waals surface area contributed by atoms with Crippen LogP contribution in [0.4, 0.5) is 0 Å². The summed E-state index contributed by atoms with van der Waals surface area (Å²) in [5.74, 6) is 0.724. The van der Waals surface area contributed by atoms with Gasteiger partial charge in [0.25, 0.3) is 0 Å². The van der Waals surface area contributed by atoms with E-state index < -0.39 is 0 Å². The van der Waals surface area contributed by atoms with Gasteiger partial charge < -0.3 is 15.0 Å². The second-order valence-electron chi connectivity index (χ2n) is 4.36. The molecule has 1 N–H and O–H groups in total. The summed E-state index contributed by atoms with van der Waals surface area (Å²) in [6.45, 7) is 13.3. The highest BCUT2D eigenvalue weighted by atomic mass is 16.5. The topological polar surface area (TPSA) is 24.5 Å². The quantitative estimate of drug-likeness (QED) is 0.647. The molecule has 0 aromatic carbocycles. The molecule has 0 radical (unpaired) electrons. The molecule has 3 nitrogen and oxygen atoms in total. The molecule has 1 aliphatic heterocycles. The predicted octanol–water partition coefficient (Wildman–Crippen LogP) is 1.34. The molecular weight excluding hydrogens is 188 g/mol. The molecule has 2 unspecified atom stereocenters. The minimum absolute atomic E-state index is 0.450.